The number of rotatable bonds is 5. The van der Waals surface area contributed by atoms with Gasteiger partial charge in [-0.15, -0.1) is 0 Å². The van der Waals surface area contributed by atoms with E-state index in [9.17, 15) is 10.1 Å². The normalized spacial score (nSPS) is 14.6. The molecule has 0 spiro atoms. The van der Waals surface area contributed by atoms with Crippen LogP contribution in [0.5, 0.6) is 0 Å². The van der Waals surface area contributed by atoms with Crippen molar-refractivity contribution in [1.29, 1.82) is 5.26 Å². The minimum atomic E-state index is -0.286. The van der Waals surface area contributed by atoms with E-state index in [-0.39, 0.29) is 17.5 Å². The molecule has 0 bridgehead atoms. The van der Waals surface area contributed by atoms with Crippen molar-refractivity contribution >= 4 is 12.0 Å². The van der Waals surface area contributed by atoms with Gasteiger partial charge in [-0.05, 0) is 56.5 Å². The van der Waals surface area contributed by atoms with Crippen molar-refractivity contribution in [2.45, 2.75) is 39.3 Å². The van der Waals surface area contributed by atoms with Gasteiger partial charge in [-0.3, -0.25) is 4.79 Å². The molecule has 5 heteroatoms. The molecule has 23 heavy (non-hydrogen) atoms. The number of hydrogen-bond acceptors (Lipinski definition) is 3. The van der Waals surface area contributed by atoms with E-state index in [1.807, 2.05) is 38.1 Å². The van der Waals surface area contributed by atoms with Crippen LogP contribution >= 0.6 is 0 Å². The number of nitriles is 1. The third kappa shape index (κ3) is 3.37. The number of hydrogen-bond donors (Lipinski definition) is 1. The van der Waals surface area contributed by atoms with Crippen molar-refractivity contribution in [3.63, 3.8) is 0 Å². The van der Waals surface area contributed by atoms with Gasteiger partial charge in [-0.2, -0.15) is 5.26 Å². The maximum Gasteiger partial charge on any atom is 0.262 e. The number of amides is 1. The molecule has 0 aliphatic heterocycles. The lowest BCUT2D eigenvalue weighted by atomic mass is 10.1. The second-order valence-corrected chi connectivity index (χ2v) is 5.91. The molecule has 0 aromatic carbocycles. The van der Waals surface area contributed by atoms with Crippen LogP contribution in [0.4, 0.5) is 0 Å². The molecule has 5 nitrogen and oxygen atoms in total. The van der Waals surface area contributed by atoms with Crippen LogP contribution in [-0.2, 0) is 11.3 Å². The molecule has 2 aromatic rings. The highest BCUT2D eigenvalue weighted by molar-refractivity contribution is 6.02. The Morgan fingerprint density at radius 2 is 2.30 bits per heavy atom. The van der Waals surface area contributed by atoms with Crippen molar-refractivity contribution < 1.29 is 9.21 Å². The third-order valence-corrected chi connectivity index (χ3v) is 4.08. The van der Waals surface area contributed by atoms with Gasteiger partial charge in [-0.1, -0.05) is 0 Å². The van der Waals surface area contributed by atoms with Crippen LogP contribution in [0.1, 0.15) is 35.6 Å². The van der Waals surface area contributed by atoms with Gasteiger partial charge >= 0.3 is 0 Å². The fraction of sp³-hybridized carbons (Fsp3) is 0.333. The van der Waals surface area contributed by atoms with E-state index in [2.05, 4.69) is 9.88 Å². The molecule has 0 atom stereocenters. The molecule has 0 saturated heterocycles. The van der Waals surface area contributed by atoms with Crippen LogP contribution in [0.3, 0.4) is 0 Å². The zero-order valence-electron chi connectivity index (χ0n) is 13.3. The van der Waals surface area contributed by atoms with Crippen LogP contribution in [0.15, 0.2) is 34.5 Å². The highest BCUT2D eigenvalue weighted by Gasteiger charge is 2.25. The number of nitrogens with one attached hydrogen (secondary N) is 1. The number of furan rings is 1. The summed E-state index contributed by atoms with van der Waals surface area (Å²) in [7, 11) is 0. The summed E-state index contributed by atoms with van der Waals surface area (Å²) >= 11 is 0. The number of aromatic nitrogens is 1. The molecular formula is C18H19N3O2. The van der Waals surface area contributed by atoms with Crippen LogP contribution in [0.25, 0.3) is 6.08 Å². The zero-order valence-corrected chi connectivity index (χ0v) is 13.3. The highest BCUT2D eigenvalue weighted by Crippen LogP contribution is 2.22. The summed E-state index contributed by atoms with van der Waals surface area (Å²) in [5.41, 5.74) is 3.10. The topological polar surface area (TPSA) is 71.0 Å². The maximum atomic E-state index is 12.1. The van der Waals surface area contributed by atoms with Crippen LogP contribution < -0.4 is 5.32 Å². The molecule has 0 radical (unpaired) electrons. The van der Waals surface area contributed by atoms with Crippen molar-refractivity contribution in [2.75, 3.05) is 0 Å². The zero-order chi connectivity index (χ0) is 16.4. The van der Waals surface area contributed by atoms with E-state index in [0.29, 0.717) is 6.54 Å². The van der Waals surface area contributed by atoms with E-state index >= 15 is 0 Å². The van der Waals surface area contributed by atoms with E-state index in [4.69, 9.17) is 4.42 Å². The predicted octanol–water partition coefficient (Wildman–Crippen LogP) is 2.93. The largest absolute Gasteiger partial charge is 0.467 e. The minimum absolute atomic E-state index is 0.148. The van der Waals surface area contributed by atoms with Crippen LogP contribution in [0.2, 0.25) is 0 Å². The van der Waals surface area contributed by atoms with Gasteiger partial charge in [0.25, 0.3) is 5.91 Å². The molecule has 118 valence electrons. The van der Waals surface area contributed by atoms with E-state index in [1.165, 1.54) is 0 Å². The Morgan fingerprint density at radius 1 is 1.52 bits per heavy atom. The van der Waals surface area contributed by atoms with Gasteiger partial charge in [0.2, 0.25) is 0 Å². The average Bonchev–Trinajstić information content (AvgIpc) is 3.11. The van der Waals surface area contributed by atoms with Gasteiger partial charge in [0, 0.05) is 17.4 Å². The number of carbonyl (C=O) groups is 1. The molecule has 0 unspecified atom stereocenters. The van der Waals surface area contributed by atoms with Crippen molar-refractivity contribution in [3.05, 3.63) is 52.7 Å². The standard InChI is InChI=1S/C18H19N3O2/c1-12-8-14(9-15(10-19)18(22)20-16-5-6-16)13(2)21(12)11-17-4-3-7-23-17/h3-4,7-9,16H,5-6,11H2,1-2H3,(H,20,22)/b15-9+. The first-order valence-electron chi connectivity index (χ1n) is 7.70. The first kappa shape index (κ1) is 15.2. The molecule has 1 aliphatic rings. The van der Waals surface area contributed by atoms with Crippen LogP contribution in [-0.4, -0.2) is 16.5 Å². The summed E-state index contributed by atoms with van der Waals surface area (Å²) in [6, 6.07) is 8.02. The lowest BCUT2D eigenvalue weighted by Crippen LogP contribution is -2.26. The van der Waals surface area contributed by atoms with Gasteiger partial charge in [0.1, 0.15) is 17.4 Å². The van der Waals surface area contributed by atoms with E-state index < -0.39 is 0 Å². The van der Waals surface area contributed by atoms with Gasteiger partial charge in [0.15, 0.2) is 0 Å². The Morgan fingerprint density at radius 3 is 2.91 bits per heavy atom. The Kier molecular flexibility index (Phi) is 4.07. The first-order valence-corrected chi connectivity index (χ1v) is 7.70. The Balaban J connectivity index is 1.85. The first-order chi connectivity index (χ1) is 11.1. The molecular weight excluding hydrogens is 290 g/mol. The lowest BCUT2D eigenvalue weighted by Gasteiger charge is -2.07. The van der Waals surface area contributed by atoms with E-state index in [0.717, 1.165) is 35.6 Å². The Bertz CT molecular complexity index is 787. The number of carbonyl (C=O) groups excluding carboxylic acids is 1. The number of aryl methyl sites for hydroxylation is 1. The van der Waals surface area contributed by atoms with E-state index in [1.54, 1.807) is 12.3 Å². The number of nitrogens with zero attached hydrogens (tertiary/aromatic N) is 2. The molecule has 2 heterocycles. The summed E-state index contributed by atoms with van der Waals surface area (Å²) in [6.07, 6.45) is 5.32. The molecule has 1 aliphatic carbocycles. The van der Waals surface area contributed by atoms with Gasteiger partial charge in [-0.25, -0.2) is 0 Å². The quantitative estimate of drug-likeness (QED) is 0.682. The third-order valence-electron chi connectivity index (χ3n) is 4.08. The molecule has 1 N–H and O–H groups in total. The maximum absolute atomic E-state index is 12.1. The summed E-state index contributed by atoms with van der Waals surface area (Å²) in [5, 5.41) is 12.1. The molecule has 2 aromatic heterocycles. The fourth-order valence-electron chi connectivity index (χ4n) is 2.57. The average molecular weight is 309 g/mol. The van der Waals surface area contributed by atoms with Crippen LogP contribution in [0, 0.1) is 25.2 Å². The molecule has 1 fully saturated rings. The van der Waals surface area contributed by atoms with Crippen molar-refractivity contribution in [1.82, 2.24) is 9.88 Å². The second-order valence-electron chi connectivity index (χ2n) is 5.91. The summed E-state index contributed by atoms with van der Waals surface area (Å²) in [5.74, 6) is 0.583. The molecule has 3 rings (SSSR count). The minimum Gasteiger partial charge on any atom is -0.467 e. The summed E-state index contributed by atoms with van der Waals surface area (Å²) in [4.78, 5) is 12.1. The summed E-state index contributed by atoms with van der Waals surface area (Å²) < 4.78 is 7.50. The smallest absolute Gasteiger partial charge is 0.262 e. The Labute approximate surface area is 135 Å². The second kappa shape index (κ2) is 6.17. The Hall–Kier alpha value is -2.74. The van der Waals surface area contributed by atoms with Crippen molar-refractivity contribution in [3.8, 4) is 6.07 Å². The van der Waals surface area contributed by atoms with Crippen molar-refractivity contribution in [2.24, 2.45) is 0 Å². The lowest BCUT2D eigenvalue weighted by molar-refractivity contribution is -0.117. The monoisotopic (exact) mass is 309 g/mol. The highest BCUT2D eigenvalue weighted by atomic mass is 16.3. The summed E-state index contributed by atoms with van der Waals surface area (Å²) in [6.45, 7) is 4.62. The van der Waals surface area contributed by atoms with Gasteiger partial charge < -0.3 is 14.3 Å². The molecule has 1 amide bonds. The SMILES string of the molecule is Cc1cc(/C=C(\C#N)C(=O)NC2CC2)c(C)n1Cc1ccco1. The fourth-order valence-corrected chi connectivity index (χ4v) is 2.57. The molecule has 1 saturated carbocycles. The predicted molar refractivity (Wildman–Crippen MR) is 86.5 cm³/mol. The van der Waals surface area contributed by atoms with Gasteiger partial charge in [0.05, 0.1) is 12.8 Å².